The topological polar surface area (TPSA) is 30.0 Å². The molecule has 1 heterocycles. The molecular formula is C10H8FNOS2. The first-order valence-corrected chi connectivity index (χ1v) is 6.53. The molecule has 0 radical (unpaired) electrons. The van der Waals surface area contributed by atoms with E-state index < -0.39 is 10.8 Å². The fourth-order valence-electron chi connectivity index (χ4n) is 1.14. The Morgan fingerprint density at radius 2 is 2.33 bits per heavy atom. The van der Waals surface area contributed by atoms with Gasteiger partial charge in [0, 0.05) is 10.3 Å². The molecule has 1 aromatic heterocycles. The minimum atomic E-state index is -1.22. The van der Waals surface area contributed by atoms with Crippen molar-refractivity contribution in [2.45, 2.75) is 10.6 Å². The minimum Gasteiger partial charge on any atom is -0.254 e. The molecule has 1 aromatic carbocycles. The number of thiazole rings is 1. The van der Waals surface area contributed by atoms with E-state index in [0.29, 0.717) is 10.6 Å². The second kappa shape index (κ2) is 4.63. The molecule has 0 aliphatic heterocycles. The molecule has 2 nitrogen and oxygen atoms in total. The van der Waals surface area contributed by atoms with E-state index in [4.69, 9.17) is 0 Å². The molecule has 5 heteroatoms. The summed E-state index contributed by atoms with van der Waals surface area (Å²) in [6.45, 7) is 0. The summed E-state index contributed by atoms with van der Waals surface area (Å²) in [6, 6.07) is 5.85. The highest BCUT2D eigenvalue weighted by molar-refractivity contribution is 7.84. The Kier molecular flexibility index (Phi) is 3.23. The van der Waals surface area contributed by atoms with E-state index in [0.717, 1.165) is 5.69 Å². The summed E-state index contributed by atoms with van der Waals surface area (Å²) in [5, 5.41) is 1.84. The van der Waals surface area contributed by atoms with Crippen LogP contribution in [-0.4, -0.2) is 9.19 Å². The fraction of sp³-hybridized carbons (Fsp3) is 0.100. The summed E-state index contributed by atoms with van der Waals surface area (Å²) < 4.78 is 24.6. The number of hydrogen-bond donors (Lipinski definition) is 0. The largest absolute Gasteiger partial charge is 0.254 e. The molecule has 0 fully saturated rings. The zero-order valence-corrected chi connectivity index (χ0v) is 9.35. The van der Waals surface area contributed by atoms with Crippen LogP contribution in [0.4, 0.5) is 4.39 Å². The van der Waals surface area contributed by atoms with Gasteiger partial charge in [0.25, 0.3) is 0 Å². The van der Waals surface area contributed by atoms with Crippen molar-refractivity contribution < 1.29 is 8.60 Å². The van der Waals surface area contributed by atoms with Gasteiger partial charge in [-0.15, -0.1) is 11.3 Å². The van der Waals surface area contributed by atoms with E-state index in [9.17, 15) is 8.60 Å². The first-order chi connectivity index (χ1) is 7.25. The van der Waals surface area contributed by atoms with Crippen LogP contribution in [0.5, 0.6) is 0 Å². The average molecular weight is 241 g/mol. The lowest BCUT2D eigenvalue weighted by atomic mass is 10.4. The van der Waals surface area contributed by atoms with Crippen LogP contribution in [0.25, 0.3) is 0 Å². The Hall–Kier alpha value is -1.07. The van der Waals surface area contributed by atoms with Crippen molar-refractivity contribution >= 4 is 22.1 Å². The molecular weight excluding hydrogens is 233 g/mol. The highest BCUT2D eigenvalue weighted by atomic mass is 32.2. The van der Waals surface area contributed by atoms with Gasteiger partial charge in [-0.25, -0.2) is 9.37 Å². The van der Waals surface area contributed by atoms with Gasteiger partial charge < -0.3 is 0 Å². The van der Waals surface area contributed by atoms with E-state index in [1.165, 1.54) is 23.5 Å². The number of halogens is 1. The summed E-state index contributed by atoms with van der Waals surface area (Å²) >= 11 is 1.46. The third-order valence-electron chi connectivity index (χ3n) is 1.82. The van der Waals surface area contributed by atoms with Gasteiger partial charge in [-0.1, -0.05) is 6.07 Å². The summed E-state index contributed by atoms with van der Waals surface area (Å²) in [4.78, 5) is 4.54. The highest BCUT2D eigenvalue weighted by Crippen LogP contribution is 2.13. The van der Waals surface area contributed by atoms with Crippen LogP contribution in [-0.2, 0) is 16.6 Å². The zero-order chi connectivity index (χ0) is 10.7. The number of benzene rings is 1. The Labute approximate surface area is 93.3 Å². The molecule has 2 aromatic rings. The molecule has 0 bridgehead atoms. The van der Waals surface area contributed by atoms with Crippen LogP contribution in [0.3, 0.4) is 0 Å². The summed E-state index contributed by atoms with van der Waals surface area (Å²) in [5.74, 6) is -0.0217. The molecule has 78 valence electrons. The van der Waals surface area contributed by atoms with E-state index in [-0.39, 0.29) is 5.82 Å². The van der Waals surface area contributed by atoms with Crippen molar-refractivity contribution in [3.63, 3.8) is 0 Å². The van der Waals surface area contributed by atoms with Gasteiger partial charge >= 0.3 is 0 Å². The zero-order valence-electron chi connectivity index (χ0n) is 7.72. The first-order valence-electron chi connectivity index (χ1n) is 4.27. The maximum Gasteiger partial charge on any atom is 0.124 e. The number of rotatable bonds is 3. The molecule has 2 rings (SSSR count). The monoisotopic (exact) mass is 241 g/mol. The molecule has 0 saturated heterocycles. The SMILES string of the molecule is O=S(Cc1cscn1)c1cccc(F)c1. The van der Waals surface area contributed by atoms with Gasteiger partial charge in [-0.3, -0.25) is 4.21 Å². The summed E-state index contributed by atoms with van der Waals surface area (Å²) in [7, 11) is -1.22. The third-order valence-corrected chi connectivity index (χ3v) is 3.79. The smallest absolute Gasteiger partial charge is 0.124 e. The Morgan fingerprint density at radius 1 is 1.47 bits per heavy atom. The van der Waals surface area contributed by atoms with Gasteiger partial charge in [0.15, 0.2) is 0 Å². The summed E-state index contributed by atoms with van der Waals surface area (Å²) in [6.07, 6.45) is 0. The minimum absolute atomic E-state index is 0.340. The van der Waals surface area contributed by atoms with Crippen LogP contribution in [0.2, 0.25) is 0 Å². The van der Waals surface area contributed by atoms with E-state index >= 15 is 0 Å². The van der Waals surface area contributed by atoms with Crippen LogP contribution in [0.1, 0.15) is 5.69 Å². The molecule has 1 atom stereocenters. The molecule has 1 unspecified atom stereocenters. The van der Waals surface area contributed by atoms with Gasteiger partial charge in [0.1, 0.15) is 5.82 Å². The van der Waals surface area contributed by atoms with Crippen LogP contribution >= 0.6 is 11.3 Å². The van der Waals surface area contributed by atoms with E-state index in [2.05, 4.69) is 4.98 Å². The van der Waals surface area contributed by atoms with Crippen molar-refractivity contribution in [3.8, 4) is 0 Å². The number of hydrogen-bond acceptors (Lipinski definition) is 3. The molecule has 0 N–H and O–H groups in total. The van der Waals surface area contributed by atoms with Gasteiger partial charge in [0.2, 0.25) is 0 Å². The lowest BCUT2D eigenvalue weighted by Crippen LogP contribution is -1.96. The molecule has 0 aliphatic rings. The van der Waals surface area contributed by atoms with Gasteiger partial charge in [-0.2, -0.15) is 0 Å². The van der Waals surface area contributed by atoms with E-state index in [1.807, 2.05) is 5.38 Å². The van der Waals surface area contributed by atoms with Crippen LogP contribution < -0.4 is 0 Å². The Balaban J connectivity index is 2.15. The maximum atomic E-state index is 12.9. The molecule has 0 spiro atoms. The Morgan fingerprint density at radius 3 is 3.00 bits per heavy atom. The second-order valence-corrected chi connectivity index (χ2v) is 5.10. The third kappa shape index (κ3) is 2.70. The molecule has 15 heavy (non-hydrogen) atoms. The molecule has 0 saturated carbocycles. The number of aromatic nitrogens is 1. The fourth-order valence-corrected chi connectivity index (χ4v) is 2.87. The standard InChI is InChI=1S/C10H8FNOS2/c11-8-2-1-3-10(4-8)15(13)6-9-5-14-7-12-9/h1-5,7H,6H2. The molecule has 0 amide bonds. The van der Waals surface area contributed by atoms with Crippen molar-refractivity contribution in [2.75, 3.05) is 0 Å². The summed E-state index contributed by atoms with van der Waals surface area (Å²) in [5.41, 5.74) is 2.47. The highest BCUT2D eigenvalue weighted by Gasteiger charge is 2.06. The van der Waals surface area contributed by atoms with Crippen molar-refractivity contribution in [3.05, 3.63) is 46.7 Å². The van der Waals surface area contributed by atoms with Crippen LogP contribution in [0, 0.1) is 5.82 Å². The van der Waals surface area contributed by atoms with Crippen molar-refractivity contribution in [2.24, 2.45) is 0 Å². The van der Waals surface area contributed by atoms with Gasteiger partial charge in [0.05, 0.1) is 27.8 Å². The van der Waals surface area contributed by atoms with Gasteiger partial charge in [-0.05, 0) is 18.2 Å². The maximum absolute atomic E-state index is 12.9. The predicted molar refractivity (Wildman–Crippen MR) is 58.6 cm³/mol. The Bertz CT molecular complexity index is 470. The van der Waals surface area contributed by atoms with Crippen molar-refractivity contribution in [1.82, 2.24) is 4.98 Å². The number of nitrogens with zero attached hydrogens (tertiary/aromatic N) is 1. The van der Waals surface area contributed by atoms with E-state index in [1.54, 1.807) is 17.6 Å². The lowest BCUT2D eigenvalue weighted by molar-refractivity contribution is 0.622. The average Bonchev–Trinajstić information content (AvgIpc) is 2.70. The lowest BCUT2D eigenvalue weighted by Gasteiger charge is -1.99. The second-order valence-electron chi connectivity index (χ2n) is 2.93. The molecule has 0 aliphatic carbocycles. The normalized spacial score (nSPS) is 12.6. The first kappa shape index (κ1) is 10.4. The van der Waals surface area contributed by atoms with Crippen molar-refractivity contribution in [1.29, 1.82) is 0 Å². The predicted octanol–water partition coefficient (Wildman–Crippen LogP) is 2.59. The quantitative estimate of drug-likeness (QED) is 0.826. The van der Waals surface area contributed by atoms with Crippen LogP contribution in [0.15, 0.2) is 40.1 Å².